The summed E-state index contributed by atoms with van der Waals surface area (Å²) in [7, 11) is 0. The van der Waals surface area contributed by atoms with E-state index in [-0.39, 0.29) is 39.4 Å². The van der Waals surface area contributed by atoms with Crippen molar-refractivity contribution in [2.45, 2.75) is 235 Å². The number of allylic oxidation sites excluding steroid dienone is 2. The average molecular weight is 1090 g/mol. The lowest BCUT2D eigenvalue weighted by Gasteiger charge is -2.71. The highest BCUT2D eigenvalue weighted by Crippen LogP contribution is 2.76. The molecule has 5 aliphatic carbocycles. The molecule has 4 saturated heterocycles. The molecule has 23 heteroatoms. The van der Waals surface area contributed by atoms with Crippen molar-refractivity contribution < 1.29 is 114 Å². The fourth-order valence-corrected chi connectivity index (χ4v) is 16.1. The number of fused-ring (bicyclic) bond motifs is 7. The van der Waals surface area contributed by atoms with Crippen molar-refractivity contribution in [1.29, 1.82) is 0 Å². The lowest BCUT2D eigenvalue weighted by Crippen LogP contribution is -2.67. The quantitative estimate of drug-likeness (QED) is 0.0647. The van der Waals surface area contributed by atoms with Crippen LogP contribution in [0.25, 0.3) is 0 Å². The Labute approximate surface area is 442 Å². The molecule has 0 spiro atoms. The fourth-order valence-electron chi connectivity index (χ4n) is 16.1. The van der Waals surface area contributed by atoms with E-state index < -0.39 is 165 Å². The molecule has 0 unspecified atom stereocenters. The summed E-state index contributed by atoms with van der Waals surface area (Å²) in [6, 6.07) is 0. The Kier molecular flexibility index (Phi) is 16.2. The van der Waals surface area contributed by atoms with Gasteiger partial charge in [0.15, 0.2) is 18.7 Å². The molecule has 13 N–H and O–H groups in total. The minimum atomic E-state index is -2.11. The van der Waals surface area contributed by atoms with Crippen molar-refractivity contribution in [1.82, 2.24) is 0 Å². The van der Waals surface area contributed by atoms with Gasteiger partial charge >= 0.3 is 11.9 Å². The number of carbonyl (C=O) groups is 2. The van der Waals surface area contributed by atoms with Gasteiger partial charge in [0.25, 0.3) is 0 Å². The molecule has 76 heavy (non-hydrogen) atoms. The van der Waals surface area contributed by atoms with Crippen molar-refractivity contribution in [3.05, 3.63) is 11.6 Å². The average Bonchev–Trinajstić information content (AvgIpc) is 3.37. The number of aliphatic hydroxyl groups excluding tert-OH is 13. The van der Waals surface area contributed by atoms with E-state index in [1.807, 2.05) is 0 Å². The van der Waals surface area contributed by atoms with Gasteiger partial charge in [-0.3, -0.25) is 4.79 Å². The molecule has 0 aromatic heterocycles. The molecule has 0 aromatic rings. The Balaban J connectivity index is 0.976. The van der Waals surface area contributed by atoms with Crippen LogP contribution in [0.1, 0.15) is 113 Å². The van der Waals surface area contributed by atoms with Gasteiger partial charge in [0, 0.05) is 0 Å². The van der Waals surface area contributed by atoms with Gasteiger partial charge in [-0.25, -0.2) is 4.79 Å². The van der Waals surface area contributed by atoms with Crippen LogP contribution >= 0.6 is 0 Å². The Morgan fingerprint density at radius 1 is 0.592 bits per heavy atom. The summed E-state index contributed by atoms with van der Waals surface area (Å²) < 4.78 is 46.9. The van der Waals surface area contributed by atoms with Crippen molar-refractivity contribution in [2.24, 2.45) is 50.2 Å². The first-order chi connectivity index (χ1) is 35.5. The Morgan fingerprint density at radius 3 is 1.84 bits per heavy atom. The highest BCUT2D eigenvalue weighted by Gasteiger charge is 2.70. The van der Waals surface area contributed by atoms with Gasteiger partial charge in [-0.1, -0.05) is 60.1 Å². The van der Waals surface area contributed by atoms with Crippen LogP contribution in [0, 0.1) is 50.2 Å². The summed E-state index contributed by atoms with van der Waals surface area (Å²) in [5.41, 5.74) is -1.40. The standard InChI is InChI=1S/C53H84O23/c1-48(2)14-16-53(47(68)76-45-39(66)34(61)32(59)26(20-55)71-45)17-15-51(6)22(23(53)18-48)8-9-28-50(5)12-11-29(49(3,4)27(50)10-13-52(28,51)7)72-46-41(74-44-38(65)33(60)31(58)25(19-54)70-44)36(63)35(62)40(73-46)42(67)75-43-37(64)30(57)24(56)21-69-43/h8,23-41,43-46,54-66H,9-21H2,1-7H3/t23-,24-,25+,26+,27-,28+,29-,30-,31+,32+,33-,34-,35-,36-,37+,38+,39+,40-,41+,43-,44-,45-,46+,50-,51+,52+,53-/m0/s1. The van der Waals surface area contributed by atoms with Crippen molar-refractivity contribution in [2.75, 3.05) is 19.8 Å². The molecule has 4 saturated carbocycles. The second-order valence-electron chi connectivity index (χ2n) is 25.9. The zero-order valence-electron chi connectivity index (χ0n) is 44.4. The summed E-state index contributed by atoms with van der Waals surface area (Å²) in [5.74, 6) is -1.91. The summed E-state index contributed by atoms with van der Waals surface area (Å²) in [4.78, 5) is 28.5. The van der Waals surface area contributed by atoms with E-state index in [1.54, 1.807) is 0 Å². The lowest BCUT2D eigenvalue weighted by atomic mass is 9.33. The molecule has 4 heterocycles. The van der Waals surface area contributed by atoms with Crippen LogP contribution in [-0.4, -0.2) is 221 Å². The molecule has 23 nitrogen and oxygen atoms in total. The predicted octanol–water partition coefficient (Wildman–Crippen LogP) is -1.87. The normalized spacial score (nSPS) is 52.9. The van der Waals surface area contributed by atoms with Gasteiger partial charge in [-0.15, -0.1) is 0 Å². The smallest absolute Gasteiger partial charge is 0.340 e. The SMILES string of the molecule is CC1(C)CC[C@]2(C(=O)O[C@@H]3O[C@H](CO)[C@@H](O)[C@H](O)[C@H]3O)CC[C@]3(C)C(=CC[C@@H]4[C@@]5(C)CC[C@H](O[C@@H]6O[C@H](C(=O)O[C@@H]7OC[C@H](O)[C@H](O)[C@H]7O)[C@@H](O)[C@H](O)[C@H]6O[C@@H]6O[C@H](CO)[C@@H](O)[C@H](O)[C@H]6O)C(C)(C)[C@@H]5CC[C@]43C)[C@@H]2C1. The molecule has 434 valence electrons. The van der Waals surface area contributed by atoms with Crippen molar-refractivity contribution in [3.8, 4) is 0 Å². The third kappa shape index (κ3) is 9.42. The molecule has 0 aromatic carbocycles. The molecular weight excluding hydrogens is 1000 g/mol. The third-order valence-electron chi connectivity index (χ3n) is 21.0. The van der Waals surface area contributed by atoms with Crippen molar-refractivity contribution in [3.63, 3.8) is 0 Å². The lowest BCUT2D eigenvalue weighted by molar-refractivity contribution is -0.376. The van der Waals surface area contributed by atoms with E-state index >= 15 is 0 Å². The summed E-state index contributed by atoms with van der Waals surface area (Å²) in [6.07, 6.45) is -24.9. The minimum Gasteiger partial charge on any atom is -0.432 e. The van der Waals surface area contributed by atoms with E-state index in [0.29, 0.717) is 38.5 Å². The highest BCUT2D eigenvalue weighted by molar-refractivity contribution is 5.79. The summed E-state index contributed by atoms with van der Waals surface area (Å²) >= 11 is 0. The predicted molar refractivity (Wildman–Crippen MR) is 257 cm³/mol. The molecule has 9 aliphatic rings. The van der Waals surface area contributed by atoms with Gasteiger partial charge in [0.05, 0.1) is 31.3 Å². The molecule has 9 rings (SSSR count). The Bertz CT molecular complexity index is 2140. The number of hydrogen-bond acceptors (Lipinski definition) is 23. The van der Waals surface area contributed by atoms with Crippen LogP contribution in [0.15, 0.2) is 11.6 Å². The minimum absolute atomic E-state index is 0.0107. The maximum Gasteiger partial charge on any atom is 0.340 e. The van der Waals surface area contributed by atoms with Crippen molar-refractivity contribution >= 4 is 11.9 Å². The molecule has 0 amide bonds. The molecular formula is C53H84O23. The molecule has 4 aliphatic heterocycles. The van der Waals surface area contributed by atoms with E-state index in [9.17, 15) is 76.0 Å². The second kappa shape index (κ2) is 21.0. The molecule has 8 fully saturated rings. The van der Waals surface area contributed by atoms with Gasteiger partial charge in [0.1, 0.15) is 85.5 Å². The Morgan fingerprint density at radius 2 is 1.20 bits per heavy atom. The Hall–Kier alpha value is -2.08. The van der Waals surface area contributed by atoms with E-state index in [2.05, 4.69) is 54.5 Å². The first-order valence-corrected chi connectivity index (χ1v) is 27.2. The number of ether oxygens (including phenoxy) is 8. The van der Waals surface area contributed by atoms with Gasteiger partial charge in [-0.05, 0) is 109 Å². The molecule has 27 atom stereocenters. The van der Waals surface area contributed by atoms with Crippen LogP contribution in [-0.2, 0) is 47.5 Å². The number of rotatable bonds is 10. The number of aliphatic hydroxyl groups is 13. The van der Waals surface area contributed by atoms with E-state index in [4.69, 9.17) is 37.9 Å². The topological polar surface area (TPSA) is 371 Å². The fraction of sp³-hybridized carbons (Fsp3) is 0.925. The molecule has 0 radical (unpaired) electrons. The largest absolute Gasteiger partial charge is 0.432 e. The summed E-state index contributed by atoms with van der Waals surface area (Å²) in [6.45, 7) is 13.7. The van der Waals surface area contributed by atoms with Crippen LogP contribution in [0.4, 0.5) is 0 Å². The zero-order valence-corrected chi connectivity index (χ0v) is 44.4. The van der Waals surface area contributed by atoms with E-state index in [1.165, 1.54) is 5.57 Å². The monoisotopic (exact) mass is 1090 g/mol. The first kappa shape index (κ1) is 58.6. The zero-order chi connectivity index (χ0) is 55.6. The molecule has 0 bridgehead atoms. The number of carbonyl (C=O) groups excluding carboxylic acids is 2. The van der Waals surface area contributed by atoms with Gasteiger partial charge in [-0.2, -0.15) is 0 Å². The number of hydrogen-bond donors (Lipinski definition) is 13. The van der Waals surface area contributed by atoms with Crippen LogP contribution in [0.2, 0.25) is 0 Å². The maximum absolute atomic E-state index is 14.8. The first-order valence-electron chi connectivity index (χ1n) is 27.2. The maximum atomic E-state index is 14.8. The second-order valence-corrected chi connectivity index (χ2v) is 25.9. The highest BCUT2D eigenvalue weighted by atomic mass is 16.8. The van der Waals surface area contributed by atoms with Crippen LogP contribution in [0.3, 0.4) is 0 Å². The van der Waals surface area contributed by atoms with Gasteiger partial charge in [0.2, 0.25) is 12.6 Å². The summed E-state index contributed by atoms with van der Waals surface area (Å²) in [5, 5.41) is 138. The third-order valence-corrected chi connectivity index (χ3v) is 21.0. The van der Waals surface area contributed by atoms with E-state index in [0.717, 1.165) is 25.7 Å². The van der Waals surface area contributed by atoms with Gasteiger partial charge < -0.3 is 104 Å². The van der Waals surface area contributed by atoms with Crippen LogP contribution in [0.5, 0.6) is 0 Å². The van der Waals surface area contributed by atoms with Crippen LogP contribution < -0.4 is 0 Å². The number of esters is 2.